The van der Waals surface area contributed by atoms with Gasteiger partial charge in [-0.15, -0.1) is 0 Å². The van der Waals surface area contributed by atoms with Gasteiger partial charge in [-0.2, -0.15) is 0 Å². The molecule has 0 fully saturated rings. The molecule has 3 rings (SSSR count). The molecule has 12 heteroatoms. The lowest BCUT2D eigenvalue weighted by molar-refractivity contribution is -0.142. The Morgan fingerprint density at radius 3 is 2.43 bits per heavy atom. The van der Waals surface area contributed by atoms with E-state index in [0.29, 0.717) is 17.3 Å². The summed E-state index contributed by atoms with van der Waals surface area (Å²) in [6, 6.07) is 10.1. The molecular formula is C25H26N4O8. The zero-order valence-corrected chi connectivity index (χ0v) is 19.9. The number of carboxylic acids is 2. The van der Waals surface area contributed by atoms with Crippen LogP contribution >= 0.6 is 0 Å². The number of hydrogen-bond acceptors (Lipinski definition) is 8. The van der Waals surface area contributed by atoms with E-state index in [1.165, 1.54) is 19.1 Å². The number of carbonyl (C=O) groups is 4. The first-order valence-corrected chi connectivity index (χ1v) is 11.3. The van der Waals surface area contributed by atoms with Gasteiger partial charge in [-0.3, -0.25) is 24.2 Å². The number of aliphatic carboxylic acids is 2. The largest absolute Gasteiger partial charge is 0.481 e. The quantitative estimate of drug-likeness (QED) is 0.235. The molecule has 0 bridgehead atoms. The van der Waals surface area contributed by atoms with Crippen LogP contribution in [0.1, 0.15) is 47.2 Å². The summed E-state index contributed by atoms with van der Waals surface area (Å²) in [5.74, 6) is -3.93. The maximum absolute atomic E-state index is 12.5. The summed E-state index contributed by atoms with van der Waals surface area (Å²) in [6.45, 7) is 1.34. The average Bonchev–Trinajstić information content (AvgIpc) is 2.84. The van der Waals surface area contributed by atoms with Gasteiger partial charge in [0.05, 0.1) is 17.5 Å². The molecule has 194 valence electrons. The van der Waals surface area contributed by atoms with Crippen LogP contribution in [-0.2, 0) is 25.5 Å². The number of amides is 1. The van der Waals surface area contributed by atoms with Crippen LogP contribution in [0.2, 0.25) is 0 Å². The number of aromatic nitrogens is 2. The number of carbonyl (C=O) groups excluding carboxylic acids is 2. The van der Waals surface area contributed by atoms with Gasteiger partial charge in [-0.25, -0.2) is 9.78 Å². The molecule has 2 unspecified atom stereocenters. The maximum atomic E-state index is 12.5. The smallest absolute Gasteiger partial charge is 0.326 e. The molecule has 1 aromatic heterocycles. The molecule has 0 aliphatic rings. The number of hydrogen-bond donors (Lipinski definition) is 5. The number of aromatic amines is 1. The molecule has 12 nitrogen and oxygen atoms in total. The molecule has 6 N–H and O–H groups in total. The minimum absolute atomic E-state index is 0.0127. The zero-order valence-electron chi connectivity index (χ0n) is 19.9. The fourth-order valence-electron chi connectivity index (χ4n) is 3.78. The number of H-pyrrole nitrogens is 1. The van der Waals surface area contributed by atoms with Crippen molar-refractivity contribution in [3.8, 4) is 0 Å². The lowest BCUT2D eigenvalue weighted by Gasteiger charge is -2.18. The van der Waals surface area contributed by atoms with Crippen molar-refractivity contribution in [3.63, 3.8) is 0 Å². The molecule has 2 aromatic carbocycles. The Hall–Kier alpha value is -4.74. The second-order valence-corrected chi connectivity index (χ2v) is 8.43. The van der Waals surface area contributed by atoms with E-state index in [2.05, 4.69) is 15.3 Å². The topological polar surface area (TPSA) is 202 Å². The minimum Gasteiger partial charge on any atom is -0.481 e. The van der Waals surface area contributed by atoms with Crippen LogP contribution < -0.4 is 16.6 Å². The first kappa shape index (κ1) is 26.9. The molecule has 3 aromatic rings. The maximum Gasteiger partial charge on any atom is 0.326 e. The summed E-state index contributed by atoms with van der Waals surface area (Å²) in [6.07, 6.45) is -0.261. The Kier molecular flexibility index (Phi) is 8.56. The van der Waals surface area contributed by atoms with Crippen molar-refractivity contribution in [2.24, 2.45) is 0 Å². The molecule has 0 aliphatic heterocycles. The fourth-order valence-corrected chi connectivity index (χ4v) is 3.78. The van der Waals surface area contributed by atoms with Crippen LogP contribution in [0.15, 0.2) is 47.3 Å². The second-order valence-electron chi connectivity index (χ2n) is 8.43. The van der Waals surface area contributed by atoms with E-state index in [0.717, 1.165) is 11.1 Å². The molecule has 1 amide bonds. The summed E-state index contributed by atoms with van der Waals surface area (Å²) < 4.78 is 5.23. The molecule has 0 saturated carbocycles. The Labute approximate surface area is 210 Å². The van der Waals surface area contributed by atoms with Crippen molar-refractivity contribution in [2.75, 3.05) is 12.3 Å². The molecule has 37 heavy (non-hydrogen) atoms. The number of fused-ring (bicyclic) bond motifs is 1. The number of benzene rings is 2. The lowest BCUT2D eigenvalue weighted by Crippen LogP contribution is -2.41. The Balaban J connectivity index is 1.80. The van der Waals surface area contributed by atoms with Crippen LogP contribution in [0, 0.1) is 0 Å². The predicted molar refractivity (Wildman–Crippen MR) is 132 cm³/mol. The third-order valence-corrected chi connectivity index (χ3v) is 5.65. The van der Waals surface area contributed by atoms with Gasteiger partial charge >= 0.3 is 17.9 Å². The van der Waals surface area contributed by atoms with Crippen molar-refractivity contribution in [1.29, 1.82) is 0 Å². The Morgan fingerprint density at radius 1 is 1.11 bits per heavy atom. The average molecular weight is 511 g/mol. The molecule has 0 aliphatic carbocycles. The summed E-state index contributed by atoms with van der Waals surface area (Å²) in [5, 5.41) is 20.7. The zero-order chi connectivity index (χ0) is 27.1. The number of nitrogens with zero attached hydrogens (tertiary/aromatic N) is 1. The van der Waals surface area contributed by atoms with Crippen molar-refractivity contribution in [2.45, 2.75) is 38.1 Å². The van der Waals surface area contributed by atoms with Gasteiger partial charge in [-0.1, -0.05) is 18.2 Å². The first-order valence-electron chi connectivity index (χ1n) is 11.3. The number of anilines is 1. The van der Waals surface area contributed by atoms with Crippen molar-refractivity contribution < 1.29 is 34.1 Å². The van der Waals surface area contributed by atoms with E-state index in [1.54, 1.807) is 30.3 Å². The third kappa shape index (κ3) is 7.37. The van der Waals surface area contributed by atoms with Crippen LogP contribution in [0.25, 0.3) is 10.9 Å². The van der Waals surface area contributed by atoms with Crippen molar-refractivity contribution >= 4 is 40.7 Å². The van der Waals surface area contributed by atoms with E-state index in [-0.39, 0.29) is 36.0 Å². The SMILES string of the molecule is CC(=O)OCC(Cc1ccc2nc(N)[nH]c(=O)c2c1)c1ccc(C(=O)NC(CCC(=O)O)C(=O)O)cc1. The third-order valence-electron chi connectivity index (χ3n) is 5.65. The number of ether oxygens (including phenoxy) is 1. The summed E-state index contributed by atoms with van der Waals surface area (Å²) in [4.78, 5) is 64.9. The van der Waals surface area contributed by atoms with Gasteiger partial charge in [0.25, 0.3) is 11.5 Å². The highest BCUT2D eigenvalue weighted by molar-refractivity contribution is 5.96. The lowest BCUT2D eigenvalue weighted by atomic mass is 9.91. The summed E-state index contributed by atoms with van der Waals surface area (Å²) in [7, 11) is 0. The Morgan fingerprint density at radius 2 is 1.81 bits per heavy atom. The molecule has 1 heterocycles. The number of nitrogens with two attached hydrogens (primary N) is 1. The van der Waals surface area contributed by atoms with Gasteiger partial charge in [0.2, 0.25) is 5.95 Å². The summed E-state index contributed by atoms with van der Waals surface area (Å²) >= 11 is 0. The fraction of sp³-hybridized carbons (Fsp3) is 0.280. The van der Waals surface area contributed by atoms with Crippen LogP contribution in [-0.4, -0.2) is 56.6 Å². The van der Waals surface area contributed by atoms with Crippen LogP contribution in [0.3, 0.4) is 0 Å². The molecular weight excluding hydrogens is 484 g/mol. The highest BCUT2D eigenvalue weighted by Crippen LogP contribution is 2.24. The highest BCUT2D eigenvalue weighted by atomic mass is 16.5. The first-order chi connectivity index (χ1) is 17.5. The Bertz CT molecular complexity index is 1380. The van der Waals surface area contributed by atoms with E-state index in [9.17, 15) is 29.1 Å². The van der Waals surface area contributed by atoms with Crippen LogP contribution in [0.4, 0.5) is 5.95 Å². The van der Waals surface area contributed by atoms with Gasteiger partial charge in [-0.05, 0) is 48.2 Å². The van der Waals surface area contributed by atoms with Crippen molar-refractivity contribution in [1.82, 2.24) is 15.3 Å². The number of esters is 1. The summed E-state index contributed by atoms with van der Waals surface area (Å²) in [5.41, 5.74) is 7.36. The van der Waals surface area contributed by atoms with Gasteiger partial charge < -0.3 is 26.0 Å². The van der Waals surface area contributed by atoms with Gasteiger partial charge in [0.15, 0.2) is 0 Å². The van der Waals surface area contributed by atoms with E-state index >= 15 is 0 Å². The number of nitrogen functional groups attached to an aromatic ring is 1. The molecule has 0 saturated heterocycles. The normalized spacial score (nSPS) is 12.5. The monoisotopic (exact) mass is 510 g/mol. The van der Waals surface area contributed by atoms with E-state index in [1.807, 2.05) is 0 Å². The molecule has 2 atom stereocenters. The van der Waals surface area contributed by atoms with Crippen LogP contribution in [0.5, 0.6) is 0 Å². The van der Waals surface area contributed by atoms with E-state index in [4.69, 9.17) is 15.6 Å². The second kappa shape index (κ2) is 11.8. The van der Waals surface area contributed by atoms with E-state index < -0.39 is 36.3 Å². The van der Waals surface area contributed by atoms with Crippen molar-refractivity contribution in [3.05, 3.63) is 69.5 Å². The number of rotatable bonds is 11. The highest BCUT2D eigenvalue weighted by Gasteiger charge is 2.22. The minimum atomic E-state index is -1.35. The number of carboxylic acid groups (broad SMARTS) is 2. The number of nitrogens with one attached hydrogen (secondary N) is 2. The predicted octanol–water partition coefficient (Wildman–Crippen LogP) is 1.44. The standard InChI is InChI=1S/C25H26N4O8/c1-13(30)37-12-17(10-14-2-7-19-18(11-14)23(34)29-25(26)28-19)15-3-5-16(6-4-15)22(33)27-20(24(35)36)8-9-21(31)32/h2-7,11,17,20H,8-10,12H2,1H3,(H,27,33)(H,31,32)(H,35,36)(H3,26,28,29,34). The van der Waals surface area contributed by atoms with Gasteiger partial charge in [0.1, 0.15) is 6.04 Å². The molecule has 0 radical (unpaired) electrons. The van der Waals surface area contributed by atoms with Gasteiger partial charge in [0, 0.05) is 24.8 Å². The molecule has 0 spiro atoms.